The largest absolute Gasteiger partial charge is 0.352 e. The van der Waals surface area contributed by atoms with Crippen LogP contribution in [0.3, 0.4) is 0 Å². The van der Waals surface area contributed by atoms with Gasteiger partial charge in [-0.05, 0) is 26.0 Å². The smallest absolute Gasteiger partial charge is 0.292 e. The van der Waals surface area contributed by atoms with E-state index < -0.39 is 11.7 Å². The molecule has 0 bridgehead atoms. The topological polar surface area (TPSA) is 109 Å². The van der Waals surface area contributed by atoms with Gasteiger partial charge < -0.3 is 21.4 Å². The maximum Gasteiger partial charge on any atom is 0.292 e. The second-order valence-corrected chi connectivity index (χ2v) is 7.23. The molecule has 0 saturated carbocycles. The van der Waals surface area contributed by atoms with Crippen molar-refractivity contribution >= 4 is 40.1 Å². The number of hydrogen-bond acceptors (Lipinski definition) is 5. The van der Waals surface area contributed by atoms with Gasteiger partial charge in [0.2, 0.25) is 0 Å². The number of fused-ring (bicyclic) bond motifs is 1. The van der Waals surface area contributed by atoms with E-state index in [-0.39, 0.29) is 34.1 Å². The molecule has 1 fully saturated rings. The molecule has 0 radical (unpaired) electrons. The number of amides is 2. The summed E-state index contributed by atoms with van der Waals surface area (Å²) in [5.74, 6) is 4.21. The van der Waals surface area contributed by atoms with E-state index in [1.807, 2.05) is 13.8 Å². The number of benzene rings is 1. The highest BCUT2D eigenvalue weighted by atomic mass is 35.5. The average molecular weight is 392 g/mol. The molecule has 144 valence electrons. The summed E-state index contributed by atoms with van der Waals surface area (Å²) >= 11 is 6.36. The molecular weight excluding hydrogens is 370 g/mol. The van der Waals surface area contributed by atoms with E-state index in [1.54, 1.807) is 17.0 Å². The lowest BCUT2D eigenvalue weighted by atomic mass is 10.0. The van der Waals surface area contributed by atoms with Crippen LogP contribution in [0.25, 0.3) is 10.9 Å². The SMILES string of the molecule is CNC(=O)C(=O)c1cn(N)c2cc(Cl)c(C(=O)N3C[C@H](C)NC[C@H]3C)cc12. The molecule has 1 aromatic carbocycles. The van der Waals surface area contributed by atoms with Gasteiger partial charge in [-0.25, -0.2) is 0 Å². The van der Waals surface area contributed by atoms with Gasteiger partial charge in [0.15, 0.2) is 0 Å². The molecule has 27 heavy (non-hydrogen) atoms. The normalized spacial score (nSPS) is 19.9. The lowest BCUT2D eigenvalue weighted by Gasteiger charge is -2.37. The first-order valence-corrected chi connectivity index (χ1v) is 9.02. The van der Waals surface area contributed by atoms with E-state index in [0.29, 0.717) is 24.0 Å². The van der Waals surface area contributed by atoms with Gasteiger partial charge in [0.05, 0.1) is 21.7 Å². The second-order valence-electron chi connectivity index (χ2n) is 6.82. The number of carbonyl (C=O) groups excluding carboxylic acids is 3. The van der Waals surface area contributed by atoms with Gasteiger partial charge >= 0.3 is 0 Å². The first kappa shape index (κ1) is 19.2. The van der Waals surface area contributed by atoms with E-state index in [4.69, 9.17) is 17.4 Å². The Morgan fingerprint density at radius 3 is 2.63 bits per heavy atom. The van der Waals surface area contributed by atoms with Gasteiger partial charge in [-0.15, -0.1) is 0 Å². The number of Topliss-reactive ketones (excluding diaryl/α,β-unsaturated/α-hetero) is 1. The highest BCUT2D eigenvalue weighted by molar-refractivity contribution is 6.45. The molecular formula is C18H22ClN5O3. The second kappa shape index (κ2) is 7.21. The number of nitrogen functional groups attached to an aromatic ring is 1. The summed E-state index contributed by atoms with van der Waals surface area (Å²) in [4.78, 5) is 39.0. The Morgan fingerprint density at radius 2 is 1.96 bits per heavy atom. The van der Waals surface area contributed by atoms with Gasteiger partial charge in [-0.3, -0.25) is 19.1 Å². The fourth-order valence-electron chi connectivity index (χ4n) is 3.31. The van der Waals surface area contributed by atoms with Gasteiger partial charge in [-0.2, -0.15) is 0 Å². The number of aromatic nitrogens is 1. The molecule has 0 aliphatic carbocycles. The molecule has 1 aromatic heterocycles. The van der Waals surface area contributed by atoms with Crippen LogP contribution in [0, 0.1) is 0 Å². The highest BCUT2D eigenvalue weighted by Crippen LogP contribution is 2.29. The van der Waals surface area contributed by atoms with Gasteiger partial charge in [0.25, 0.3) is 17.6 Å². The molecule has 8 nitrogen and oxygen atoms in total. The van der Waals surface area contributed by atoms with Crippen LogP contribution in [0.1, 0.15) is 34.6 Å². The van der Waals surface area contributed by atoms with Crippen LogP contribution in [0.15, 0.2) is 18.3 Å². The average Bonchev–Trinajstić information content (AvgIpc) is 2.97. The molecule has 4 N–H and O–H groups in total. The molecule has 3 rings (SSSR count). The number of likely N-dealkylation sites (N-methyl/N-ethyl adjacent to an activating group) is 1. The molecule has 1 aliphatic heterocycles. The maximum absolute atomic E-state index is 13.1. The van der Waals surface area contributed by atoms with E-state index in [2.05, 4.69) is 10.6 Å². The third-order valence-corrected chi connectivity index (χ3v) is 5.17. The van der Waals surface area contributed by atoms with Crippen LogP contribution < -0.4 is 16.5 Å². The fourth-order valence-corrected chi connectivity index (χ4v) is 3.55. The number of ketones is 1. The lowest BCUT2D eigenvalue weighted by molar-refractivity contribution is -0.116. The summed E-state index contributed by atoms with van der Waals surface area (Å²) in [6.45, 7) is 5.20. The maximum atomic E-state index is 13.1. The number of nitrogens with zero attached hydrogens (tertiary/aromatic N) is 2. The molecule has 1 saturated heterocycles. The van der Waals surface area contributed by atoms with Crippen molar-refractivity contribution in [2.24, 2.45) is 0 Å². The molecule has 0 spiro atoms. The summed E-state index contributed by atoms with van der Waals surface area (Å²) in [6.07, 6.45) is 1.36. The lowest BCUT2D eigenvalue weighted by Crippen LogP contribution is -2.56. The number of piperazine rings is 1. The van der Waals surface area contributed by atoms with Gasteiger partial charge in [0.1, 0.15) is 0 Å². The molecule has 2 amide bonds. The third-order valence-electron chi connectivity index (χ3n) is 4.86. The van der Waals surface area contributed by atoms with Crippen molar-refractivity contribution in [2.45, 2.75) is 25.9 Å². The van der Waals surface area contributed by atoms with Crippen molar-refractivity contribution in [3.8, 4) is 0 Å². The van der Waals surface area contributed by atoms with Crippen molar-refractivity contribution in [1.82, 2.24) is 20.2 Å². The first-order chi connectivity index (χ1) is 12.7. The van der Waals surface area contributed by atoms with Crippen LogP contribution in [0.5, 0.6) is 0 Å². The van der Waals surface area contributed by atoms with Gasteiger partial charge in [-0.1, -0.05) is 11.6 Å². The van der Waals surface area contributed by atoms with Crippen LogP contribution in [-0.4, -0.2) is 59.4 Å². The van der Waals surface area contributed by atoms with E-state index in [9.17, 15) is 14.4 Å². The summed E-state index contributed by atoms with van der Waals surface area (Å²) in [5.41, 5.74) is 0.868. The predicted molar refractivity (Wildman–Crippen MR) is 103 cm³/mol. The van der Waals surface area contributed by atoms with Crippen molar-refractivity contribution in [3.05, 3.63) is 34.5 Å². The Bertz CT molecular complexity index is 939. The number of carbonyl (C=O) groups is 3. The molecule has 2 heterocycles. The van der Waals surface area contributed by atoms with Crippen molar-refractivity contribution < 1.29 is 14.4 Å². The van der Waals surface area contributed by atoms with Crippen molar-refractivity contribution in [2.75, 3.05) is 26.0 Å². The first-order valence-electron chi connectivity index (χ1n) is 8.65. The predicted octanol–water partition coefficient (Wildman–Crippen LogP) is 0.760. The molecule has 2 atom stereocenters. The summed E-state index contributed by atoms with van der Waals surface area (Å²) in [6, 6.07) is 3.26. The van der Waals surface area contributed by atoms with Crippen LogP contribution in [0.4, 0.5) is 0 Å². The Kier molecular flexibility index (Phi) is 5.12. The molecule has 0 unspecified atom stereocenters. The molecule has 1 aliphatic rings. The number of nitrogens with one attached hydrogen (secondary N) is 2. The summed E-state index contributed by atoms with van der Waals surface area (Å²) < 4.78 is 1.22. The van der Waals surface area contributed by atoms with E-state index in [0.717, 1.165) is 0 Å². The fraction of sp³-hybridized carbons (Fsp3) is 0.389. The Labute approximate surface area is 161 Å². The zero-order valence-corrected chi connectivity index (χ0v) is 16.1. The van der Waals surface area contributed by atoms with Crippen LogP contribution in [0.2, 0.25) is 5.02 Å². The number of halogens is 1. The quantitative estimate of drug-likeness (QED) is 0.406. The number of rotatable bonds is 3. The number of nitrogens with two attached hydrogens (primary N) is 1. The van der Waals surface area contributed by atoms with Crippen LogP contribution in [-0.2, 0) is 4.79 Å². The molecule has 2 aromatic rings. The monoisotopic (exact) mass is 391 g/mol. The van der Waals surface area contributed by atoms with Gasteiger partial charge in [0, 0.05) is 43.8 Å². The standard InChI is InChI=1S/C18H22ClN5O3/c1-9-7-23(10(2)6-22-9)18(27)12-4-11-13(16(25)17(26)21-3)8-24(20)15(11)5-14(12)19/h4-5,8-10,22H,6-7,20H2,1-3H3,(H,21,26)/t9-,10+/m0/s1. The highest BCUT2D eigenvalue weighted by Gasteiger charge is 2.30. The van der Waals surface area contributed by atoms with Crippen molar-refractivity contribution in [1.29, 1.82) is 0 Å². The minimum Gasteiger partial charge on any atom is -0.352 e. The van der Waals surface area contributed by atoms with E-state index >= 15 is 0 Å². The van der Waals surface area contributed by atoms with Crippen molar-refractivity contribution in [3.63, 3.8) is 0 Å². The Balaban J connectivity index is 2.09. The minimum absolute atomic E-state index is 0.00606. The zero-order valence-electron chi connectivity index (χ0n) is 15.4. The summed E-state index contributed by atoms with van der Waals surface area (Å²) in [5, 5.41) is 6.28. The zero-order chi connectivity index (χ0) is 19.9. The van der Waals surface area contributed by atoms with Crippen LogP contribution >= 0.6 is 11.6 Å². The number of hydrogen-bond donors (Lipinski definition) is 3. The molecule has 9 heteroatoms. The minimum atomic E-state index is -0.755. The summed E-state index contributed by atoms with van der Waals surface area (Å²) in [7, 11) is 1.38. The Morgan fingerprint density at radius 1 is 1.26 bits per heavy atom. The Hall–Kier alpha value is -2.58. The third kappa shape index (κ3) is 3.38. The van der Waals surface area contributed by atoms with E-state index in [1.165, 1.54) is 17.9 Å².